The number of hydrogen-bond donors (Lipinski definition) is 1. The summed E-state index contributed by atoms with van der Waals surface area (Å²) in [5.74, 6) is 1.02. The minimum atomic E-state index is 0.0508. The second-order valence-corrected chi connectivity index (χ2v) is 6.41. The summed E-state index contributed by atoms with van der Waals surface area (Å²) in [7, 11) is 0. The fraction of sp³-hybridized carbons (Fsp3) is 0.933. The van der Waals surface area contributed by atoms with Crippen LogP contribution < -0.4 is 5.32 Å². The summed E-state index contributed by atoms with van der Waals surface area (Å²) in [5, 5.41) is 3.35. The summed E-state index contributed by atoms with van der Waals surface area (Å²) < 4.78 is 0. The maximum atomic E-state index is 12.7. The van der Waals surface area contributed by atoms with Crippen molar-refractivity contribution < 1.29 is 4.79 Å². The van der Waals surface area contributed by atoms with Gasteiger partial charge in [-0.1, -0.05) is 13.8 Å². The van der Waals surface area contributed by atoms with Gasteiger partial charge in [-0.2, -0.15) is 0 Å². The van der Waals surface area contributed by atoms with Crippen LogP contribution >= 0.6 is 0 Å². The van der Waals surface area contributed by atoms with Gasteiger partial charge in [-0.05, 0) is 32.1 Å². The van der Waals surface area contributed by atoms with Crippen LogP contribution in [0, 0.1) is 5.92 Å². The lowest BCUT2D eigenvalue weighted by Crippen LogP contribution is -2.54. The highest BCUT2D eigenvalue weighted by atomic mass is 16.2. The van der Waals surface area contributed by atoms with E-state index in [-0.39, 0.29) is 6.04 Å². The Morgan fingerprint density at radius 3 is 2.42 bits per heavy atom. The minimum absolute atomic E-state index is 0.0508. The van der Waals surface area contributed by atoms with Crippen molar-refractivity contribution in [2.24, 2.45) is 5.92 Å². The highest BCUT2D eigenvalue weighted by molar-refractivity contribution is 5.82. The molecule has 0 aromatic rings. The first-order chi connectivity index (χ1) is 9.09. The second kappa shape index (κ2) is 6.71. The van der Waals surface area contributed by atoms with Gasteiger partial charge in [-0.15, -0.1) is 0 Å². The van der Waals surface area contributed by atoms with Gasteiger partial charge in [-0.3, -0.25) is 9.69 Å². The molecule has 1 N–H and O–H groups in total. The van der Waals surface area contributed by atoms with E-state index in [0.717, 1.165) is 39.1 Å². The average molecular weight is 267 g/mol. The molecular weight excluding hydrogens is 238 g/mol. The van der Waals surface area contributed by atoms with Crippen molar-refractivity contribution in [3.05, 3.63) is 0 Å². The van der Waals surface area contributed by atoms with E-state index < -0.39 is 0 Å². The fourth-order valence-electron chi connectivity index (χ4n) is 2.72. The van der Waals surface area contributed by atoms with Crippen molar-refractivity contribution >= 4 is 5.91 Å². The van der Waals surface area contributed by atoms with Crippen molar-refractivity contribution in [2.45, 2.75) is 52.1 Å². The van der Waals surface area contributed by atoms with Crippen molar-refractivity contribution in [1.82, 2.24) is 15.1 Å². The van der Waals surface area contributed by atoms with Gasteiger partial charge in [0, 0.05) is 38.8 Å². The molecule has 1 atom stereocenters. The minimum Gasteiger partial charge on any atom is -0.338 e. The Morgan fingerprint density at radius 1 is 1.26 bits per heavy atom. The van der Waals surface area contributed by atoms with Crippen LogP contribution in [0.3, 0.4) is 0 Å². The van der Waals surface area contributed by atoms with Crippen LogP contribution in [0.4, 0.5) is 0 Å². The van der Waals surface area contributed by atoms with Crippen LogP contribution in [0.2, 0.25) is 0 Å². The van der Waals surface area contributed by atoms with Gasteiger partial charge in [0.05, 0.1) is 6.04 Å². The monoisotopic (exact) mass is 267 g/mol. The predicted molar refractivity (Wildman–Crippen MR) is 78.1 cm³/mol. The lowest BCUT2D eigenvalue weighted by Gasteiger charge is -2.35. The highest BCUT2D eigenvalue weighted by Crippen LogP contribution is 2.28. The second-order valence-electron chi connectivity index (χ2n) is 6.41. The van der Waals surface area contributed by atoms with Crippen LogP contribution in [0.5, 0.6) is 0 Å². The summed E-state index contributed by atoms with van der Waals surface area (Å²) in [6.45, 7) is 11.5. The lowest BCUT2D eigenvalue weighted by molar-refractivity contribution is -0.137. The third-order valence-electron chi connectivity index (χ3n) is 4.27. The summed E-state index contributed by atoms with van der Waals surface area (Å²) in [5.41, 5.74) is 0. The van der Waals surface area contributed by atoms with Crippen LogP contribution in [-0.4, -0.2) is 60.5 Å². The molecule has 4 nitrogen and oxygen atoms in total. The zero-order valence-electron chi connectivity index (χ0n) is 12.7. The van der Waals surface area contributed by atoms with Gasteiger partial charge in [0.1, 0.15) is 0 Å². The Labute approximate surface area is 117 Å². The van der Waals surface area contributed by atoms with Crippen LogP contribution in [0.1, 0.15) is 40.0 Å². The maximum Gasteiger partial charge on any atom is 0.239 e. The fourth-order valence-corrected chi connectivity index (χ4v) is 2.72. The molecule has 0 aromatic carbocycles. The average Bonchev–Trinajstić information content (AvgIpc) is 3.23. The first-order valence-corrected chi connectivity index (χ1v) is 7.85. The van der Waals surface area contributed by atoms with Gasteiger partial charge in [-0.25, -0.2) is 0 Å². The Kier molecular flexibility index (Phi) is 5.22. The molecule has 1 unspecified atom stereocenters. The highest BCUT2D eigenvalue weighted by Gasteiger charge is 2.36. The first-order valence-electron chi connectivity index (χ1n) is 7.85. The Morgan fingerprint density at radius 2 is 1.89 bits per heavy atom. The molecule has 2 rings (SSSR count). The van der Waals surface area contributed by atoms with E-state index in [1.165, 1.54) is 12.8 Å². The van der Waals surface area contributed by atoms with E-state index in [1.807, 2.05) is 0 Å². The predicted octanol–water partition coefficient (Wildman–Crippen LogP) is 1.32. The molecule has 19 heavy (non-hydrogen) atoms. The molecule has 1 aliphatic carbocycles. The van der Waals surface area contributed by atoms with Crippen molar-refractivity contribution in [2.75, 3.05) is 32.7 Å². The number of nitrogens with one attached hydrogen (secondary N) is 1. The van der Waals surface area contributed by atoms with E-state index in [0.29, 0.717) is 17.9 Å². The molecule has 1 saturated heterocycles. The molecule has 1 aliphatic heterocycles. The van der Waals surface area contributed by atoms with Gasteiger partial charge in [0.25, 0.3) is 0 Å². The lowest BCUT2D eigenvalue weighted by atomic mass is 10.1. The van der Waals surface area contributed by atoms with Gasteiger partial charge >= 0.3 is 0 Å². The van der Waals surface area contributed by atoms with E-state index in [9.17, 15) is 4.79 Å². The number of hydrogen-bond acceptors (Lipinski definition) is 3. The molecule has 2 aliphatic rings. The molecule has 0 spiro atoms. The van der Waals surface area contributed by atoms with Crippen LogP contribution in [-0.2, 0) is 4.79 Å². The SMILES string of the molecule is CC(C)CCN(C(=O)C(C)N1CCNCC1)C1CC1. The molecule has 1 amide bonds. The topological polar surface area (TPSA) is 35.6 Å². The first kappa shape index (κ1) is 14.8. The molecule has 0 aromatic heterocycles. The molecule has 2 fully saturated rings. The summed E-state index contributed by atoms with van der Waals surface area (Å²) in [6.07, 6.45) is 3.53. The number of amides is 1. The van der Waals surface area contributed by atoms with Gasteiger partial charge in [0.2, 0.25) is 5.91 Å². The molecular formula is C15H29N3O. The van der Waals surface area contributed by atoms with E-state index >= 15 is 0 Å². The van der Waals surface area contributed by atoms with Crippen molar-refractivity contribution in [3.8, 4) is 0 Å². The van der Waals surface area contributed by atoms with Gasteiger partial charge < -0.3 is 10.2 Å². The van der Waals surface area contributed by atoms with Crippen molar-refractivity contribution in [1.29, 1.82) is 0 Å². The Bertz CT molecular complexity index is 296. The van der Waals surface area contributed by atoms with Crippen LogP contribution in [0.25, 0.3) is 0 Å². The number of carbonyl (C=O) groups excluding carboxylic acids is 1. The van der Waals surface area contributed by atoms with E-state index in [2.05, 4.69) is 35.9 Å². The van der Waals surface area contributed by atoms with Crippen molar-refractivity contribution in [3.63, 3.8) is 0 Å². The smallest absolute Gasteiger partial charge is 0.239 e. The third-order valence-corrected chi connectivity index (χ3v) is 4.27. The number of nitrogens with zero attached hydrogens (tertiary/aromatic N) is 2. The Balaban J connectivity index is 1.89. The van der Waals surface area contributed by atoms with Gasteiger partial charge in [0.15, 0.2) is 0 Å². The standard InChI is InChI=1S/C15H29N3O/c1-12(2)6-9-18(14-4-5-14)15(19)13(3)17-10-7-16-8-11-17/h12-14,16H,4-11H2,1-3H3. The zero-order valence-corrected chi connectivity index (χ0v) is 12.7. The summed E-state index contributed by atoms with van der Waals surface area (Å²) in [4.78, 5) is 17.2. The number of rotatable bonds is 6. The number of piperazine rings is 1. The third kappa shape index (κ3) is 4.18. The molecule has 110 valence electrons. The summed E-state index contributed by atoms with van der Waals surface area (Å²) in [6, 6.07) is 0.589. The quantitative estimate of drug-likeness (QED) is 0.788. The van der Waals surface area contributed by atoms with E-state index in [1.54, 1.807) is 0 Å². The molecule has 0 bridgehead atoms. The Hall–Kier alpha value is -0.610. The molecule has 1 heterocycles. The van der Waals surface area contributed by atoms with Crippen LogP contribution in [0.15, 0.2) is 0 Å². The number of carbonyl (C=O) groups is 1. The summed E-state index contributed by atoms with van der Waals surface area (Å²) >= 11 is 0. The largest absolute Gasteiger partial charge is 0.338 e. The zero-order chi connectivity index (χ0) is 13.8. The molecule has 0 radical (unpaired) electrons. The normalized spacial score (nSPS) is 22.5. The molecule has 4 heteroatoms. The maximum absolute atomic E-state index is 12.7. The molecule has 1 saturated carbocycles. The van der Waals surface area contributed by atoms with E-state index in [4.69, 9.17) is 0 Å².